The zero-order chi connectivity index (χ0) is 34.1. The third-order valence-electron chi connectivity index (χ3n) is 10.5. The molecule has 1 aromatic carbocycles. The highest BCUT2D eigenvalue weighted by molar-refractivity contribution is 5.75. The Balaban J connectivity index is 0.000000167. The third kappa shape index (κ3) is 7.57. The summed E-state index contributed by atoms with van der Waals surface area (Å²) in [6, 6.07) is 7.43. The van der Waals surface area contributed by atoms with Crippen LogP contribution in [0.3, 0.4) is 0 Å². The Labute approximate surface area is 279 Å². The van der Waals surface area contributed by atoms with Crippen LogP contribution in [0.15, 0.2) is 60.1 Å². The van der Waals surface area contributed by atoms with E-state index in [0.29, 0.717) is 40.6 Å². The van der Waals surface area contributed by atoms with Crippen LogP contribution in [0.4, 0.5) is 33.6 Å². The standard InChI is InChI=1S/C19H25F3N2.C19H19F2N3/c1-12(2)10-23-18-7-6-15(11-24-18)16-8-13-4-3-5-14(13)9-17(16)19(20,21)22;1-12-5-6-19(7-8-19)18(12)16-10-24-17(11-22-16)23-9-13-14(20)3-2-4-15(13)21/h6-7,11-14H,3-5,8-10H2,1-2H3,(H,23,24);2-4,10-11H,5-9H2,1H3,(H,23,24). The quantitative estimate of drug-likeness (QED) is 0.235. The molecule has 48 heavy (non-hydrogen) atoms. The van der Waals surface area contributed by atoms with E-state index < -0.39 is 17.8 Å². The summed E-state index contributed by atoms with van der Waals surface area (Å²) in [5.41, 5.74) is 4.84. The normalized spacial score (nSPS) is 21.4. The van der Waals surface area contributed by atoms with Crippen molar-refractivity contribution in [2.45, 2.75) is 91.3 Å². The first-order valence-electron chi connectivity index (χ1n) is 17.1. The predicted octanol–water partition coefficient (Wildman–Crippen LogP) is 10.4. The second-order valence-electron chi connectivity index (χ2n) is 14.3. The Kier molecular flexibility index (Phi) is 9.91. The fraction of sp³-hybridized carbons (Fsp3) is 0.500. The SMILES string of the molecule is CC(C)CNc1ccc(C2=C(C(F)(F)F)CC3CCCC3C2)cn1.CC1=C(c2cnc(NCc3c(F)cccc3F)cn2)C2(CC1)CC2. The Morgan fingerprint density at radius 2 is 1.56 bits per heavy atom. The number of halogens is 5. The van der Waals surface area contributed by atoms with Gasteiger partial charge < -0.3 is 10.6 Å². The lowest BCUT2D eigenvalue weighted by atomic mass is 9.76. The van der Waals surface area contributed by atoms with E-state index in [1.54, 1.807) is 30.7 Å². The van der Waals surface area contributed by atoms with Crippen molar-refractivity contribution < 1.29 is 22.0 Å². The van der Waals surface area contributed by atoms with Crippen LogP contribution >= 0.6 is 0 Å². The summed E-state index contributed by atoms with van der Waals surface area (Å²) in [4.78, 5) is 13.2. The third-order valence-corrected chi connectivity index (χ3v) is 10.5. The molecule has 2 fully saturated rings. The molecule has 0 saturated heterocycles. The van der Waals surface area contributed by atoms with E-state index in [0.717, 1.165) is 43.7 Å². The first-order chi connectivity index (χ1) is 22.9. The van der Waals surface area contributed by atoms with Crippen molar-refractivity contribution in [2.24, 2.45) is 23.2 Å². The number of hydrogen-bond donors (Lipinski definition) is 2. The van der Waals surface area contributed by atoms with Gasteiger partial charge in [0.25, 0.3) is 0 Å². The molecule has 10 heteroatoms. The van der Waals surface area contributed by atoms with E-state index in [1.807, 2.05) is 0 Å². The maximum Gasteiger partial charge on any atom is 0.412 e. The second kappa shape index (κ2) is 14.0. The number of aromatic nitrogens is 3. The lowest BCUT2D eigenvalue weighted by Gasteiger charge is -2.31. The minimum absolute atomic E-state index is 0.00894. The van der Waals surface area contributed by atoms with Gasteiger partial charge in [0.15, 0.2) is 0 Å². The molecule has 3 aromatic rings. The molecule has 7 rings (SSSR count). The highest BCUT2D eigenvalue weighted by Crippen LogP contribution is 2.63. The van der Waals surface area contributed by atoms with Crippen molar-refractivity contribution in [2.75, 3.05) is 17.2 Å². The maximum atomic E-state index is 13.6. The average Bonchev–Trinajstić information content (AvgIpc) is 3.55. The zero-order valence-electron chi connectivity index (χ0n) is 27.9. The summed E-state index contributed by atoms with van der Waals surface area (Å²) in [6.07, 6.45) is 9.40. The molecular weight excluding hydrogens is 621 g/mol. The summed E-state index contributed by atoms with van der Waals surface area (Å²) in [5.74, 6) is 1.22. The fourth-order valence-corrected chi connectivity index (χ4v) is 7.69. The monoisotopic (exact) mass is 665 g/mol. The van der Waals surface area contributed by atoms with Crippen molar-refractivity contribution >= 4 is 22.8 Å². The predicted molar refractivity (Wildman–Crippen MR) is 180 cm³/mol. The van der Waals surface area contributed by atoms with Crippen LogP contribution in [-0.2, 0) is 6.54 Å². The lowest BCUT2D eigenvalue weighted by Crippen LogP contribution is -2.24. The van der Waals surface area contributed by atoms with Crippen LogP contribution in [0, 0.1) is 34.8 Å². The van der Waals surface area contributed by atoms with Gasteiger partial charge in [0.1, 0.15) is 23.3 Å². The summed E-state index contributed by atoms with van der Waals surface area (Å²) in [6.45, 7) is 7.21. The molecule has 0 amide bonds. The van der Waals surface area contributed by atoms with E-state index in [2.05, 4.69) is 46.4 Å². The molecule has 2 saturated carbocycles. The van der Waals surface area contributed by atoms with Gasteiger partial charge in [-0.25, -0.2) is 18.7 Å². The number of fused-ring (bicyclic) bond motifs is 1. The van der Waals surface area contributed by atoms with Crippen LogP contribution in [0.25, 0.3) is 11.1 Å². The lowest BCUT2D eigenvalue weighted by molar-refractivity contribution is -0.0962. The summed E-state index contributed by atoms with van der Waals surface area (Å²) >= 11 is 0. The van der Waals surface area contributed by atoms with Crippen LogP contribution in [0.5, 0.6) is 0 Å². The highest BCUT2D eigenvalue weighted by atomic mass is 19.4. The van der Waals surface area contributed by atoms with E-state index >= 15 is 0 Å². The summed E-state index contributed by atoms with van der Waals surface area (Å²) in [7, 11) is 0. The summed E-state index contributed by atoms with van der Waals surface area (Å²) in [5, 5.41) is 6.14. The number of hydrogen-bond acceptors (Lipinski definition) is 5. The second-order valence-corrected chi connectivity index (χ2v) is 14.3. The number of pyridine rings is 1. The van der Waals surface area contributed by atoms with Gasteiger partial charge in [-0.3, -0.25) is 4.98 Å². The molecule has 256 valence electrons. The van der Waals surface area contributed by atoms with Crippen molar-refractivity contribution in [1.82, 2.24) is 15.0 Å². The Hall–Kier alpha value is -3.82. The van der Waals surface area contributed by atoms with Gasteiger partial charge in [0, 0.05) is 30.4 Å². The van der Waals surface area contributed by atoms with Crippen LogP contribution in [-0.4, -0.2) is 27.7 Å². The fourth-order valence-electron chi connectivity index (χ4n) is 7.69. The Morgan fingerprint density at radius 1 is 0.854 bits per heavy atom. The molecule has 0 aliphatic heterocycles. The molecule has 4 aliphatic carbocycles. The molecule has 1 spiro atoms. The van der Waals surface area contributed by atoms with Crippen molar-refractivity contribution in [3.05, 3.63) is 88.5 Å². The maximum absolute atomic E-state index is 13.6. The first kappa shape index (κ1) is 34.1. The number of anilines is 2. The van der Waals surface area contributed by atoms with E-state index in [9.17, 15) is 22.0 Å². The van der Waals surface area contributed by atoms with Gasteiger partial charge in [-0.1, -0.05) is 31.9 Å². The molecular formula is C38H44F5N5. The number of nitrogens with zero attached hydrogens (tertiary/aromatic N) is 3. The van der Waals surface area contributed by atoms with Gasteiger partial charge in [-0.2, -0.15) is 13.2 Å². The van der Waals surface area contributed by atoms with Crippen molar-refractivity contribution in [1.29, 1.82) is 0 Å². The Morgan fingerprint density at radius 3 is 2.17 bits per heavy atom. The molecule has 2 N–H and O–H groups in total. The van der Waals surface area contributed by atoms with Gasteiger partial charge in [0.2, 0.25) is 0 Å². The largest absolute Gasteiger partial charge is 0.412 e. The summed E-state index contributed by atoms with van der Waals surface area (Å²) < 4.78 is 67.9. The molecule has 0 bridgehead atoms. The number of allylic oxidation sites excluding steroid dienone is 4. The number of nitrogens with one attached hydrogen (secondary N) is 2. The van der Waals surface area contributed by atoms with E-state index in [1.165, 1.54) is 48.6 Å². The molecule has 2 unspecified atom stereocenters. The first-order valence-corrected chi connectivity index (χ1v) is 17.1. The van der Waals surface area contributed by atoms with Gasteiger partial charge in [-0.15, -0.1) is 0 Å². The zero-order valence-corrected chi connectivity index (χ0v) is 27.9. The number of benzene rings is 1. The van der Waals surface area contributed by atoms with Gasteiger partial charge >= 0.3 is 6.18 Å². The van der Waals surface area contributed by atoms with Crippen LogP contribution < -0.4 is 10.6 Å². The van der Waals surface area contributed by atoms with E-state index in [-0.39, 0.29) is 30.0 Å². The van der Waals surface area contributed by atoms with Crippen LogP contribution in [0.2, 0.25) is 0 Å². The minimum Gasteiger partial charge on any atom is -0.370 e. The van der Waals surface area contributed by atoms with Crippen LogP contribution in [0.1, 0.15) is 95.4 Å². The van der Waals surface area contributed by atoms with E-state index in [4.69, 9.17) is 0 Å². The minimum atomic E-state index is -4.24. The molecule has 2 aromatic heterocycles. The van der Waals surface area contributed by atoms with Crippen molar-refractivity contribution in [3.8, 4) is 0 Å². The molecule has 2 atom stereocenters. The molecule has 2 heterocycles. The number of rotatable bonds is 8. The topological polar surface area (TPSA) is 62.7 Å². The Bertz CT molecular complexity index is 1640. The smallest absolute Gasteiger partial charge is 0.370 e. The molecule has 4 aliphatic rings. The molecule has 5 nitrogen and oxygen atoms in total. The highest BCUT2D eigenvalue weighted by Gasteiger charge is 2.50. The average molecular weight is 666 g/mol. The van der Waals surface area contributed by atoms with Gasteiger partial charge in [-0.05, 0) is 122 Å². The molecule has 0 radical (unpaired) electrons. The van der Waals surface area contributed by atoms with Gasteiger partial charge in [0.05, 0.1) is 18.1 Å². The van der Waals surface area contributed by atoms with Crippen molar-refractivity contribution in [3.63, 3.8) is 0 Å². The number of alkyl halides is 3.